The number of nitriles is 5. The van der Waals surface area contributed by atoms with Gasteiger partial charge in [0, 0.05) is 0 Å². The Kier molecular flexibility index (Phi) is 4.19. The number of aromatic nitrogens is 2. The van der Waals surface area contributed by atoms with Crippen molar-refractivity contribution in [2.24, 2.45) is 9.98 Å². The molecule has 3 heterocycles. The van der Waals surface area contributed by atoms with Crippen LogP contribution in [0.3, 0.4) is 0 Å². The smallest absolute Gasteiger partial charge is 0.231 e. The first-order chi connectivity index (χ1) is 14.6. The molecule has 12 heteroatoms. The van der Waals surface area contributed by atoms with E-state index in [9.17, 15) is 31.7 Å². The summed E-state index contributed by atoms with van der Waals surface area (Å²) in [6.07, 6.45) is 0. The normalized spacial score (nSPS) is 21.0. The Hall–Kier alpha value is -5.02. The van der Waals surface area contributed by atoms with Crippen LogP contribution in [0, 0.1) is 56.7 Å². The Labute approximate surface area is 167 Å². The quantitative estimate of drug-likeness (QED) is 0.343. The molecule has 2 aromatic rings. The molecule has 0 radical (unpaired) electrons. The van der Waals surface area contributed by atoms with Gasteiger partial charge in [-0.05, 0) is 0 Å². The van der Waals surface area contributed by atoms with E-state index in [1.165, 1.54) is 10.6 Å². The van der Waals surface area contributed by atoms with E-state index >= 15 is 0 Å². The number of nitrogens with zero attached hydrogens (tertiary/aromatic N) is 10. The summed E-state index contributed by atoms with van der Waals surface area (Å²) in [6, 6.07) is 6.87. The highest BCUT2D eigenvalue weighted by atomic mass is 15.1. The molecular weight excluding hydrogens is 384 g/mol. The molecular formula is C18H7N12+. The Morgan fingerprint density at radius 3 is 2.27 bits per heavy atom. The van der Waals surface area contributed by atoms with Crippen molar-refractivity contribution in [3.63, 3.8) is 0 Å². The van der Waals surface area contributed by atoms with E-state index in [0.29, 0.717) is 11.4 Å². The lowest BCUT2D eigenvalue weighted by molar-refractivity contribution is -0.625. The lowest BCUT2D eigenvalue weighted by Gasteiger charge is -2.21. The summed E-state index contributed by atoms with van der Waals surface area (Å²) in [6.45, 7) is 0. The van der Waals surface area contributed by atoms with Gasteiger partial charge in [-0.15, -0.1) is 0 Å². The molecule has 0 saturated heterocycles. The third-order valence-electron chi connectivity index (χ3n) is 4.71. The average Bonchev–Trinajstić information content (AvgIpc) is 2.81. The maximum atomic E-state index is 9.43. The van der Waals surface area contributed by atoms with E-state index < -0.39 is 18.1 Å². The van der Waals surface area contributed by atoms with Crippen LogP contribution < -0.4 is 21.3 Å². The second-order valence-electron chi connectivity index (χ2n) is 6.27. The van der Waals surface area contributed by atoms with Crippen LogP contribution in [-0.2, 0) is 0 Å². The van der Waals surface area contributed by atoms with Gasteiger partial charge in [0.15, 0.2) is 22.5 Å². The lowest BCUT2D eigenvalue weighted by atomic mass is 10.0. The van der Waals surface area contributed by atoms with Crippen LogP contribution in [-0.4, -0.2) is 39.7 Å². The van der Waals surface area contributed by atoms with Crippen LogP contribution in [0.15, 0.2) is 9.98 Å². The number of aliphatic imine (C=N–C) groups is 1. The molecule has 2 aliphatic heterocycles. The molecule has 0 amide bonds. The van der Waals surface area contributed by atoms with Gasteiger partial charge in [-0.3, -0.25) is 15.6 Å². The molecule has 12 nitrogen and oxygen atoms in total. The molecule has 1 aromatic carbocycles. The number of hydrogen-bond donors (Lipinski definition) is 2. The van der Waals surface area contributed by atoms with Gasteiger partial charge in [-0.25, -0.2) is 20.8 Å². The fourth-order valence-electron chi connectivity index (χ4n) is 3.35. The van der Waals surface area contributed by atoms with Gasteiger partial charge in [-0.1, -0.05) is 0 Å². The van der Waals surface area contributed by atoms with Gasteiger partial charge in [0.25, 0.3) is 0 Å². The topological polar surface area (TPSA) is 225 Å². The summed E-state index contributed by atoms with van der Waals surface area (Å²) in [4.78, 5) is 17.0. The number of fused-ring (bicyclic) bond motifs is 6. The minimum atomic E-state index is -1.000. The van der Waals surface area contributed by atoms with Gasteiger partial charge in [0.1, 0.15) is 40.7 Å². The molecule has 0 saturated carbocycles. The Morgan fingerprint density at radius 1 is 0.867 bits per heavy atom. The second kappa shape index (κ2) is 6.86. The lowest BCUT2D eigenvalue weighted by Crippen LogP contribution is -2.94. The van der Waals surface area contributed by atoms with Crippen LogP contribution in [0.2, 0.25) is 0 Å². The molecule has 138 valence electrons. The molecule has 30 heavy (non-hydrogen) atoms. The third kappa shape index (κ3) is 2.47. The van der Waals surface area contributed by atoms with Gasteiger partial charge >= 0.3 is 0 Å². The molecule has 3 unspecified atom stereocenters. The molecule has 0 bridgehead atoms. The van der Waals surface area contributed by atoms with Crippen molar-refractivity contribution in [3.05, 3.63) is 21.8 Å². The van der Waals surface area contributed by atoms with E-state index in [4.69, 9.17) is 0 Å². The standard InChI is InChI=1S/C18H5N12/c19-1-7-8(2-20)26-14-13(25-7)15-17(29-10(4-22)9(3-21)27-15)18-16(14)28-11(5-23)12(6-24)30-18/h7-9,25,27H/q-1/p+2. The summed E-state index contributed by atoms with van der Waals surface area (Å²) in [7, 11) is 0. The average molecular weight is 391 g/mol. The Bertz CT molecular complexity index is 1530. The van der Waals surface area contributed by atoms with E-state index in [-0.39, 0.29) is 38.8 Å². The minimum absolute atomic E-state index is 0.0598. The van der Waals surface area contributed by atoms with Crippen molar-refractivity contribution in [1.29, 1.82) is 26.3 Å². The van der Waals surface area contributed by atoms with Crippen LogP contribution in [0.5, 0.6) is 0 Å². The molecule has 4 rings (SSSR count). The summed E-state index contributed by atoms with van der Waals surface area (Å²) < 4.78 is 0. The molecule has 0 spiro atoms. The van der Waals surface area contributed by atoms with E-state index in [2.05, 4.69) is 20.0 Å². The summed E-state index contributed by atoms with van der Waals surface area (Å²) in [5, 5.41) is 59.3. The maximum Gasteiger partial charge on any atom is 0.231 e. The van der Waals surface area contributed by atoms with Crippen molar-refractivity contribution >= 4 is 39.7 Å². The first kappa shape index (κ1) is 18.3. The molecule has 2 aliphatic rings. The van der Waals surface area contributed by atoms with Gasteiger partial charge in [0.05, 0.1) is 6.07 Å². The van der Waals surface area contributed by atoms with Crippen molar-refractivity contribution in [2.45, 2.75) is 18.1 Å². The minimum Gasteiger partial charge on any atom is -0.761 e. The second-order valence-corrected chi connectivity index (χ2v) is 6.27. The molecule has 1 aromatic heterocycles. The van der Waals surface area contributed by atoms with Crippen LogP contribution in [0.1, 0.15) is 5.69 Å². The Morgan fingerprint density at radius 2 is 1.67 bits per heavy atom. The highest BCUT2D eigenvalue weighted by molar-refractivity contribution is 6.09. The Balaban J connectivity index is 2.25. The largest absolute Gasteiger partial charge is 0.761 e. The molecule has 3 atom stereocenters. The van der Waals surface area contributed by atoms with Crippen molar-refractivity contribution in [3.8, 4) is 30.3 Å². The number of hydrogen-bond acceptors (Lipinski definition) is 9. The number of rotatable bonds is 0. The number of nitrogens with two attached hydrogens (primary N) is 2. The fourth-order valence-corrected chi connectivity index (χ4v) is 3.35. The predicted molar refractivity (Wildman–Crippen MR) is 96.6 cm³/mol. The van der Waals surface area contributed by atoms with Crippen molar-refractivity contribution in [2.75, 3.05) is 0 Å². The first-order valence-corrected chi connectivity index (χ1v) is 8.40. The molecule has 4 N–H and O–H groups in total. The van der Waals surface area contributed by atoms with Crippen LogP contribution >= 0.6 is 0 Å². The number of quaternary nitrogens is 2. The summed E-state index contributed by atoms with van der Waals surface area (Å²) in [5.41, 5.74) is 0.968. The molecule has 0 fully saturated rings. The van der Waals surface area contributed by atoms with Gasteiger partial charge < -0.3 is 5.41 Å². The van der Waals surface area contributed by atoms with E-state index in [0.717, 1.165) is 0 Å². The summed E-state index contributed by atoms with van der Waals surface area (Å²) >= 11 is 0. The highest BCUT2D eigenvalue weighted by Crippen LogP contribution is 2.33. The SMILES string of the molecule is N#CC1=Nc2c(c3c(c4nc(=C=[N-])c(C#N)nc24)=NC(C#N)C(C#N)[NH2+]3)[NH2+]C1C#N. The zero-order valence-corrected chi connectivity index (χ0v) is 14.9. The van der Waals surface area contributed by atoms with Gasteiger partial charge in [-0.2, -0.15) is 26.3 Å². The first-order valence-electron chi connectivity index (χ1n) is 8.40. The number of benzene rings is 1. The highest BCUT2D eigenvalue weighted by Gasteiger charge is 2.39. The van der Waals surface area contributed by atoms with Gasteiger partial charge in [0.2, 0.25) is 29.5 Å². The van der Waals surface area contributed by atoms with Crippen molar-refractivity contribution in [1.82, 2.24) is 9.97 Å². The van der Waals surface area contributed by atoms with Crippen molar-refractivity contribution < 1.29 is 10.6 Å². The van der Waals surface area contributed by atoms with E-state index in [1.807, 2.05) is 24.3 Å². The zero-order chi connectivity index (χ0) is 21.4. The summed E-state index contributed by atoms with van der Waals surface area (Å²) in [5.74, 6) is 1.80. The molecule has 0 aliphatic carbocycles. The van der Waals surface area contributed by atoms with Crippen LogP contribution in [0.4, 0.5) is 17.1 Å². The van der Waals surface area contributed by atoms with Crippen LogP contribution in [0.25, 0.3) is 16.4 Å². The fraction of sp³-hybridized carbons (Fsp3) is 0.167. The van der Waals surface area contributed by atoms with E-state index in [1.54, 1.807) is 11.9 Å². The third-order valence-corrected chi connectivity index (χ3v) is 4.71. The maximum absolute atomic E-state index is 9.43. The monoisotopic (exact) mass is 391 g/mol. The predicted octanol–water partition coefficient (Wildman–Crippen LogP) is -3.28. The zero-order valence-electron chi connectivity index (χ0n) is 14.9.